The van der Waals surface area contributed by atoms with Crippen molar-refractivity contribution in [3.8, 4) is 11.3 Å². The van der Waals surface area contributed by atoms with E-state index in [9.17, 15) is 9.59 Å². The molecule has 0 aromatic carbocycles. The summed E-state index contributed by atoms with van der Waals surface area (Å²) in [6.07, 6.45) is 8.20. The van der Waals surface area contributed by atoms with Crippen molar-refractivity contribution in [2.24, 2.45) is 18.7 Å². The highest BCUT2D eigenvalue weighted by Gasteiger charge is 2.39. The van der Waals surface area contributed by atoms with E-state index in [1.807, 2.05) is 25.2 Å². The number of carbonyl (C=O) groups excluding carboxylic acids is 2. The fraction of sp³-hybridized carbons (Fsp3) is 0.524. The van der Waals surface area contributed by atoms with Crippen LogP contribution in [0.5, 0.6) is 0 Å². The van der Waals surface area contributed by atoms with Crippen LogP contribution in [-0.2, 0) is 23.2 Å². The van der Waals surface area contributed by atoms with Gasteiger partial charge in [0.1, 0.15) is 6.04 Å². The second kappa shape index (κ2) is 8.32. The molecule has 2 fully saturated rings. The molecule has 2 aromatic heterocycles. The lowest BCUT2D eigenvalue weighted by Crippen LogP contribution is -2.54. The van der Waals surface area contributed by atoms with Crippen LogP contribution in [0.2, 0.25) is 0 Å². The fourth-order valence-corrected chi connectivity index (χ4v) is 4.13. The molecule has 3 heterocycles. The van der Waals surface area contributed by atoms with Gasteiger partial charge in [-0.2, -0.15) is 5.10 Å². The lowest BCUT2D eigenvalue weighted by atomic mass is 9.79. The van der Waals surface area contributed by atoms with Gasteiger partial charge in [0.2, 0.25) is 11.8 Å². The Morgan fingerprint density at radius 2 is 2.07 bits per heavy atom. The molecule has 2 amide bonds. The predicted octanol–water partition coefficient (Wildman–Crippen LogP) is 1.22. The van der Waals surface area contributed by atoms with E-state index in [1.54, 1.807) is 22.0 Å². The van der Waals surface area contributed by atoms with Crippen LogP contribution < -0.4 is 11.1 Å². The van der Waals surface area contributed by atoms with Crippen molar-refractivity contribution in [1.29, 1.82) is 0 Å². The molecule has 2 atom stereocenters. The molecule has 0 bridgehead atoms. The standard InChI is InChI=1S/C21H28N6O2/c1-26-17(9-10-25-26)15-7-8-16(23-12-15)13-24-20(28)18-6-3-11-27(18)21(29)19(22)14-4-2-5-14/h7-10,12,14,18-19H,2-6,11,13,22H2,1H3,(H,24,28). The first-order chi connectivity index (χ1) is 14.0. The van der Waals surface area contributed by atoms with E-state index in [4.69, 9.17) is 5.73 Å². The van der Waals surface area contributed by atoms with Crippen molar-refractivity contribution in [1.82, 2.24) is 25.0 Å². The molecular weight excluding hydrogens is 368 g/mol. The Kier molecular flexibility index (Phi) is 5.62. The molecule has 29 heavy (non-hydrogen) atoms. The number of hydrogen-bond acceptors (Lipinski definition) is 5. The molecule has 1 saturated carbocycles. The molecule has 2 aromatic rings. The summed E-state index contributed by atoms with van der Waals surface area (Å²) in [5.41, 5.74) is 8.88. The minimum Gasteiger partial charge on any atom is -0.349 e. The van der Waals surface area contributed by atoms with E-state index in [1.165, 1.54) is 0 Å². The van der Waals surface area contributed by atoms with Gasteiger partial charge in [-0.15, -0.1) is 0 Å². The Balaban J connectivity index is 1.34. The maximum atomic E-state index is 12.7. The molecule has 8 heteroatoms. The van der Waals surface area contributed by atoms with Gasteiger partial charge in [-0.3, -0.25) is 19.3 Å². The number of rotatable bonds is 6. The number of hydrogen-bond donors (Lipinski definition) is 2. The number of carbonyl (C=O) groups is 2. The third-order valence-corrected chi connectivity index (χ3v) is 6.17. The van der Waals surface area contributed by atoms with Gasteiger partial charge in [0.25, 0.3) is 0 Å². The quantitative estimate of drug-likeness (QED) is 0.764. The zero-order valence-electron chi connectivity index (χ0n) is 16.8. The van der Waals surface area contributed by atoms with Gasteiger partial charge in [0.05, 0.1) is 24.0 Å². The van der Waals surface area contributed by atoms with Gasteiger partial charge < -0.3 is 16.0 Å². The summed E-state index contributed by atoms with van der Waals surface area (Å²) in [5.74, 6) is 0.0640. The molecule has 0 radical (unpaired) electrons. The van der Waals surface area contributed by atoms with E-state index in [0.29, 0.717) is 19.5 Å². The molecule has 3 N–H and O–H groups in total. The summed E-state index contributed by atoms with van der Waals surface area (Å²) >= 11 is 0. The number of nitrogens with two attached hydrogens (primary N) is 1. The first-order valence-electron chi connectivity index (χ1n) is 10.3. The third kappa shape index (κ3) is 4.03. The van der Waals surface area contributed by atoms with E-state index in [2.05, 4.69) is 15.4 Å². The van der Waals surface area contributed by atoms with Gasteiger partial charge in [0.15, 0.2) is 0 Å². The number of aryl methyl sites for hydroxylation is 1. The molecule has 2 aliphatic rings. The Morgan fingerprint density at radius 3 is 2.69 bits per heavy atom. The van der Waals surface area contributed by atoms with Crippen LogP contribution in [0.25, 0.3) is 11.3 Å². The maximum absolute atomic E-state index is 12.7. The Morgan fingerprint density at radius 1 is 1.24 bits per heavy atom. The third-order valence-electron chi connectivity index (χ3n) is 6.17. The lowest BCUT2D eigenvalue weighted by Gasteiger charge is -2.34. The van der Waals surface area contributed by atoms with E-state index in [0.717, 1.165) is 42.6 Å². The van der Waals surface area contributed by atoms with Gasteiger partial charge >= 0.3 is 0 Å². The van der Waals surface area contributed by atoms with E-state index in [-0.39, 0.29) is 17.7 Å². The number of likely N-dealkylation sites (tertiary alicyclic amines) is 1. The van der Waals surface area contributed by atoms with Gasteiger partial charge in [-0.25, -0.2) is 0 Å². The van der Waals surface area contributed by atoms with Gasteiger partial charge in [0, 0.05) is 31.5 Å². The predicted molar refractivity (Wildman–Crippen MR) is 108 cm³/mol. The van der Waals surface area contributed by atoms with Crippen LogP contribution in [0.15, 0.2) is 30.6 Å². The summed E-state index contributed by atoms with van der Waals surface area (Å²) in [4.78, 5) is 31.6. The average molecular weight is 396 g/mol. The number of aromatic nitrogens is 3. The van der Waals surface area contributed by atoms with Crippen LogP contribution in [0, 0.1) is 5.92 Å². The summed E-state index contributed by atoms with van der Waals surface area (Å²) in [6, 6.07) is 4.89. The van der Waals surface area contributed by atoms with Crippen molar-refractivity contribution in [3.05, 3.63) is 36.3 Å². The number of nitrogens with zero attached hydrogens (tertiary/aromatic N) is 4. The summed E-state index contributed by atoms with van der Waals surface area (Å²) < 4.78 is 1.79. The maximum Gasteiger partial charge on any atom is 0.243 e. The Hall–Kier alpha value is -2.74. The highest BCUT2D eigenvalue weighted by molar-refractivity contribution is 5.90. The zero-order valence-corrected chi connectivity index (χ0v) is 16.8. The number of nitrogens with one attached hydrogen (secondary N) is 1. The van der Waals surface area contributed by atoms with Gasteiger partial charge in [-0.05, 0) is 49.8 Å². The van der Waals surface area contributed by atoms with Crippen LogP contribution in [0.4, 0.5) is 0 Å². The van der Waals surface area contributed by atoms with Crippen LogP contribution >= 0.6 is 0 Å². The normalized spacial score (nSPS) is 20.3. The minimum absolute atomic E-state index is 0.0778. The van der Waals surface area contributed by atoms with Crippen molar-refractivity contribution < 1.29 is 9.59 Å². The van der Waals surface area contributed by atoms with Crippen molar-refractivity contribution in [2.45, 2.75) is 50.7 Å². The smallest absolute Gasteiger partial charge is 0.243 e. The largest absolute Gasteiger partial charge is 0.349 e. The lowest BCUT2D eigenvalue weighted by molar-refractivity contribution is -0.141. The molecule has 1 saturated heterocycles. The highest BCUT2D eigenvalue weighted by Crippen LogP contribution is 2.30. The Labute approximate surface area is 170 Å². The molecule has 1 aliphatic carbocycles. The average Bonchev–Trinajstić information content (AvgIpc) is 3.33. The van der Waals surface area contributed by atoms with Crippen molar-refractivity contribution in [3.63, 3.8) is 0 Å². The summed E-state index contributed by atoms with van der Waals surface area (Å²) in [7, 11) is 1.88. The van der Waals surface area contributed by atoms with Crippen LogP contribution in [0.3, 0.4) is 0 Å². The Bertz CT molecular complexity index is 874. The van der Waals surface area contributed by atoms with Crippen molar-refractivity contribution in [2.75, 3.05) is 6.54 Å². The second-order valence-corrected chi connectivity index (χ2v) is 8.00. The zero-order chi connectivity index (χ0) is 20.4. The molecule has 1 aliphatic heterocycles. The molecule has 4 rings (SSSR count). The molecule has 154 valence electrons. The molecule has 2 unspecified atom stereocenters. The minimum atomic E-state index is -0.474. The van der Waals surface area contributed by atoms with Gasteiger partial charge in [-0.1, -0.05) is 6.42 Å². The summed E-state index contributed by atoms with van der Waals surface area (Å²) in [5, 5.41) is 7.10. The first kappa shape index (κ1) is 19.6. The first-order valence-corrected chi connectivity index (χ1v) is 10.3. The SMILES string of the molecule is Cn1nccc1-c1ccc(CNC(=O)C2CCCN2C(=O)C(N)C2CCC2)nc1. The molecular formula is C21H28N6O2. The monoisotopic (exact) mass is 396 g/mol. The summed E-state index contributed by atoms with van der Waals surface area (Å²) in [6.45, 7) is 0.937. The molecule has 0 spiro atoms. The molecule has 8 nitrogen and oxygen atoms in total. The van der Waals surface area contributed by atoms with E-state index < -0.39 is 12.1 Å². The number of amides is 2. The highest BCUT2D eigenvalue weighted by atomic mass is 16.2. The van der Waals surface area contributed by atoms with Crippen molar-refractivity contribution >= 4 is 11.8 Å². The second-order valence-electron chi connectivity index (χ2n) is 8.00. The van der Waals surface area contributed by atoms with E-state index >= 15 is 0 Å². The van der Waals surface area contributed by atoms with Crippen LogP contribution in [-0.4, -0.2) is 50.1 Å². The topological polar surface area (TPSA) is 106 Å². The van der Waals surface area contributed by atoms with Crippen LogP contribution in [0.1, 0.15) is 37.8 Å². The fourth-order valence-electron chi connectivity index (χ4n) is 4.13. The number of pyridine rings is 1.